The second kappa shape index (κ2) is 8.73. The van der Waals surface area contributed by atoms with Crippen molar-refractivity contribution in [2.75, 3.05) is 25.2 Å². The Hall–Kier alpha value is -2.51. The van der Waals surface area contributed by atoms with Crippen LogP contribution in [0.2, 0.25) is 0 Å². The van der Waals surface area contributed by atoms with Crippen molar-refractivity contribution in [2.24, 2.45) is 0 Å². The van der Waals surface area contributed by atoms with Crippen molar-refractivity contribution >= 4 is 11.6 Å². The van der Waals surface area contributed by atoms with Gasteiger partial charge in [0.25, 0.3) is 0 Å². The number of nitrogens with zero attached hydrogens (tertiary/aromatic N) is 3. The smallest absolute Gasteiger partial charge is 0.423 e. The van der Waals surface area contributed by atoms with E-state index in [0.717, 1.165) is 12.6 Å². The van der Waals surface area contributed by atoms with Gasteiger partial charge in [-0.15, -0.1) is 0 Å². The van der Waals surface area contributed by atoms with Crippen LogP contribution in [-0.4, -0.2) is 30.2 Å². The monoisotopic (exact) mass is 369 g/mol. The number of anilines is 2. The Balaban J connectivity index is 2.28. The molecule has 8 heteroatoms. The molecule has 142 valence electrons. The molecule has 1 heterocycles. The minimum atomic E-state index is -4.57. The molecule has 0 saturated heterocycles. The lowest BCUT2D eigenvalue weighted by Gasteiger charge is -2.20. The molecule has 1 aromatic carbocycles. The Bertz CT molecular complexity index is 706. The number of aromatic nitrogens is 2. The van der Waals surface area contributed by atoms with Gasteiger partial charge in [0, 0.05) is 18.9 Å². The number of halogens is 3. The van der Waals surface area contributed by atoms with Gasteiger partial charge in [0.05, 0.1) is 13.2 Å². The topological polar surface area (TPSA) is 47.5 Å². The van der Waals surface area contributed by atoms with Crippen LogP contribution in [0.3, 0.4) is 0 Å². The van der Waals surface area contributed by atoms with Crippen LogP contribution in [0.1, 0.15) is 32.3 Å². The maximum atomic E-state index is 13.1. The second-order valence-corrected chi connectivity index (χ2v) is 5.57. The number of ether oxygens (including phenoxy) is 2. The highest BCUT2D eigenvalue weighted by Crippen LogP contribution is 2.36. The molecule has 5 nitrogen and oxygen atoms in total. The Morgan fingerprint density at radius 2 is 1.77 bits per heavy atom. The first-order chi connectivity index (χ1) is 12.4. The molecule has 0 aliphatic heterocycles. The highest BCUT2D eigenvalue weighted by atomic mass is 19.4. The summed E-state index contributed by atoms with van der Waals surface area (Å²) < 4.78 is 50.1. The predicted octanol–water partition coefficient (Wildman–Crippen LogP) is 4.84. The predicted molar refractivity (Wildman–Crippen MR) is 93.1 cm³/mol. The molecule has 0 aliphatic rings. The van der Waals surface area contributed by atoms with Crippen LogP contribution in [0.15, 0.2) is 30.5 Å². The van der Waals surface area contributed by atoms with E-state index in [-0.39, 0.29) is 12.6 Å². The summed E-state index contributed by atoms with van der Waals surface area (Å²) in [6.07, 6.45) is -2.36. The maximum Gasteiger partial charge on any atom is 0.423 e. The molecule has 0 saturated carbocycles. The number of rotatable bonds is 8. The van der Waals surface area contributed by atoms with Crippen LogP contribution < -0.4 is 14.4 Å². The summed E-state index contributed by atoms with van der Waals surface area (Å²) in [5, 5.41) is 0. The third kappa shape index (κ3) is 5.00. The van der Waals surface area contributed by atoms with Gasteiger partial charge in [0.1, 0.15) is 11.3 Å². The van der Waals surface area contributed by atoms with Gasteiger partial charge in [0.15, 0.2) is 0 Å². The van der Waals surface area contributed by atoms with E-state index in [9.17, 15) is 13.2 Å². The van der Waals surface area contributed by atoms with Crippen molar-refractivity contribution in [3.63, 3.8) is 0 Å². The molecule has 0 spiro atoms. The van der Waals surface area contributed by atoms with Crippen LogP contribution in [0.25, 0.3) is 0 Å². The first kappa shape index (κ1) is 19.8. The molecule has 0 unspecified atom stereocenters. The number of unbranched alkanes of at least 4 members (excludes halogenated alkanes) is 1. The molecule has 1 aromatic heterocycles. The summed E-state index contributed by atoms with van der Waals surface area (Å²) in [5.41, 5.74) is -0.259. The zero-order chi connectivity index (χ0) is 19.2. The Morgan fingerprint density at radius 1 is 1.08 bits per heavy atom. The molecule has 0 fully saturated rings. The summed E-state index contributed by atoms with van der Waals surface area (Å²) in [5.74, 6) is 0.379. The van der Waals surface area contributed by atoms with E-state index in [1.54, 1.807) is 36.2 Å². The average molecular weight is 369 g/mol. The average Bonchev–Trinajstić information content (AvgIpc) is 2.61. The van der Waals surface area contributed by atoms with Crippen molar-refractivity contribution in [3.8, 4) is 11.6 Å². The number of benzene rings is 1. The van der Waals surface area contributed by atoms with Crippen molar-refractivity contribution in [1.29, 1.82) is 0 Å². The largest absolute Gasteiger partial charge is 0.494 e. The zero-order valence-corrected chi connectivity index (χ0v) is 15.0. The van der Waals surface area contributed by atoms with Gasteiger partial charge in [-0.3, -0.25) is 0 Å². The summed E-state index contributed by atoms with van der Waals surface area (Å²) in [6.45, 7) is 4.54. The molecule has 26 heavy (non-hydrogen) atoms. The van der Waals surface area contributed by atoms with E-state index in [2.05, 4.69) is 9.97 Å². The second-order valence-electron chi connectivity index (χ2n) is 5.57. The van der Waals surface area contributed by atoms with E-state index >= 15 is 0 Å². The fraction of sp³-hybridized carbons (Fsp3) is 0.444. The third-order valence-corrected chi connectivity index (χ3v) is 3.62. The first-order valence-electron chi connectivity index (χ1n) is 8.40. The standard InChI is InChI=1S/C18H22F3N3O2/c1-4-6-11-26-16-15(18(19,20)21)12-22-17(23-16)24(3)13-7-9-14(10-8-13)25-5-2/h7-10,12H,4-6,11H2,1-3H3. The molecule has 2 aromatic rings. The van der Waals surface area contributed by atoms with Crippen molar-refractivity contribution in [2.45, 2.75) is 32.9 Å². The number of alkyl halides is 3. The quantitative estimate of drug-likeness (QED) is 0.623. The van der Waals surface area contributed by atoms with E-state index in [0.29, 0.717) is 24.5 Å². The van der Waals surface area contributed by atoms with E-state index < -0.39 is 17.6 Å². The lowest BCUT2D eigenvalue weighted by Crippen LogP contribution is -2.17. The molecule has 0 atom stereocenters. The zero-order valence-electron chi connectivity index (χ0n) is 15.0. The lowest BCUT2D eigenvalue weighted by molar-refractivity contribution is -0.139. The molecule has 0 radical (unpaired) electrons. The van der Waals surface area contributed by atoms with Crippen LogP contribution in [0.5, 0.6) is 11.6 Å². The molecule has 0 bridgehead atoms. The Kier molecular flexibility index (Phi) is 6.65. The summed E-state index contributed by atoms with van der Waals surface area (Å²) >= 11 is 0. The molecule has 0 N–H and O–H groups in total. The first-order valence-corrected chi connectivity index (χ1v) is 8.40. The van der Waals surface area contributed by atoms with Crippen LogP contribution in [-0.2, 0) is 6.18 Å². The Morgan fingerprint density at radius 3 is 2.35 bits per heavy atom. The minimum absolute atomic E-state index is 0.119. The van der Waals surface area contributed by atoms with Gasteiger partial charge in [-0.25, -0.2) is 4.98 Å². The molecular formula is C18H22F3N3O2. The van der Waals surface area contributed by atoms with Gasteiger partial charge >= 0.3 is 6.18 Å². The van der Waals surface area contributed by atoms with E-state index in [1.807, 2.05) is 13.8 Å². The van der Waals surface area contributed by atoms with Crippen LogP contribution >= 0.6 is 0 Å². The highest BCUT2D eigenvalue weighted by molar-refractivity contribution is 5.58. The normalized spacial score (nSPS) is 11.3. The minimum Gasteiger partial charge on any atom is -0.494 e. The summed E-state index contributed by atoms with van der Waals surface area (Å²) in [6, 6.07) is 7.11. The van der Waals surface area contributed by atoms with Gasteiger partial charge in [-0.1, -0.05) is 13.3 Å². The maximum absolute atomic E-state index is 13.1. The van der Waals surface area contributed by atoms with Crippen LogP contribution in [0.4, 0.5) is 24.8 Å². The number of hydrogen-bond donors (Lipinski definition) is 0. The lowest BCUT2D eigenvalue weighted by atomic mass is 10.3. The van der Waals surface area contributed by atoms with Crippen molar-refractivity contribution in [1.82, 2.24) is 9.97 Å². The fourth-order valence-corrected chi connectivity index (χ4v) is 2.18. The third-order valence-electron chi connectivity index (χ3n) is 3.62. The highest BCUT2D eigenvalue weighted by Gasteiger charge is 2.36. The van der Waals surface area contributed by atoms with Crippen LogP contribution in [0, 0.1) is 0 Å². The van der Waals surface area contributed by atoms with Gasteiger partial charge < -0.3 is 14.4 Å². The van der Waals surface area contributed by atoms with Gasteiger partial charge in [-0.2, -0.15) is 18.2 Å². The SMILES string of the molecule is CCCCOc1nc(N(C)c2ccc(OCC)cc2)ncc1C(F)(F)F. The van der Waals surface area contributed by atoms with Crippen molar-refractivity contribution < 1.29 is 22.6 Å². The number of hydrogen-bond acceptors (Lipinski definition) is 5. The van der Waals surface area contributed by atoms with E-state index in [4.69, 9.17) is 9.47 Å². The van der Waals surface area contributed by atoms with Crippen molar-refractivity contribution in [3.05, 3.63) is 36.0 Å². The van der Waals surface area contributed by atoms with E-state index in [1.165, 1.54) is 0 Å². The molecular weight excluding hydrogens is 347 g/mol. The molecule has 0 amide bonds. The molecule has 0 aliphatic carbocycles. The summed E-state index contributed by atoms with van der Waals surface area (Å²) in [4.78, 5) is 9.43. The fourth-order valence-electron chi connectivity index (χ4n) is 2.18. The summed E-state index contributed by atoms with van der Waals surface area (Å²) in [7, 11) is 1.67. The van der Waals surface area contributed by atoms with Gasteiger partial charge in [0.2, 0.25) is 11.8 Å². The Labute approximate surface area is 150 Å². The van der Waals surface area contributed by atoms with Gasteiger partial charge in [-0.05, 0) is 37.6 Å². The molecule has 2 rings (SSSR count).